The van der Waals surface area contributed by atoms with Crippen molar-refractivity contribution in [1.82, 2.24) is 15.0 Å². The van der Waals surface area contributed by atoms with Gasteiger partial charge in [-0.05, 0) is 37.8 Å². The van der Waals surface area contributed by atoms with Gasteiger partial charge in [-0.1, -0.05) is 29.8 Å². The average molecular weight is 296 g/mol. The number of aromatic nitrogens is 3. The molecule has 1 aliphatic rings. The average Bonchev–Trinajstić information content (AvgIpc) is 2.89. The molecule has 0 spiro atoms. The molecular weight excluding hydrogens is 276 g/mol. The van der Waals surface area contributed by atoms with Gasteiger partial charge in [0.25, 0.3) is 0 Å². The molecule has 0 amide bonds. The third-order valence-electron chi connectivity index (χ3n) is 4.15. The maximum Gasteiger partial charge on any atom is 0.186 e. The van der Waals surface area contributed by atoms with E-state index in [1.165, 1.54) is 6.42 Å². The van der Waals surface area contributed by atoms with Crippen LogP contribution in [-0.4, -0.2) is 21.6 Å². The van der Waals surface area contributed by atoms with Crippen LogP contribution >= 0.6 is 0 Å². The molecule has 5 heteroatoms. The van der Waals surface area contributed by atoms with Crippen LogP contribution in [0.4, 0.5) is 0 Å². The zero-order valence-corrected chi connectivity index (χ0v) is 12.6. The highest BCUT2D eigenvalue weighted by molar-refractivity contribution is 5.29. The van der Waals surface area contributed by atoms with Gasteiger partial charge in [0, 0.05) is 12.5 Å². The van der Waals surface area contributed by atoms with Crippen molar-refractivity contribution in [2.75, 3.05) is 6.61 Å². The van der Waals surface area contributed by atoms with E-state index >= 15 is 0 Å². The lowest BCUT2D eigenvalue weighted by molar-refractivity contribution is 0.299. The van der Waals surface area contributed by atoms with Crippen LogP contribution in [0.15, 0.2) is 30.3 Å². The van der Waals surface area contributed by atoms with Crippen molar-refractivity contribution in [3.8, 4) is 11.8 Å². The predicted molar refractivity (Wildman–Crippen MR) is 82.5 cm³/mol. The Balaban J connectivity index is 1.48. The highest BCUT2D eigenvalue weighted by Crippen LogP contribution is 2.37. The molecule has 3 rings (SSSR count). The summed E-state index contributed by atoms with van der Waals surface area (Å²) in [5.41, 5.74) is 1.54. The quantitative estimate of drug-likeness (QED) is 0.736. The van der Waals surface area contributed by atoms with Crippen molar-refractivity contribution in [2.45, 2.75) is 44.6 Å². The lowest BCUT2D eigenvalue weighted by Crippen LogP contribution is -2.16. The van der Waals surface area contributed by atoms with Gasteiger partial charge in [0.1, 0.15) is 11.8 Å². The number of para-hydroxylation sites is 1. The Bertz CT molecular complexity index is 640. The van der Waals surface area contributed by atoms with E-state index < -0.39 is 0 Å². The SMILES string of the molecule is N#Cc1nnn(CCCCOc2ccccc2)c1C1CCC1. The highest BCUT2D eigenvalue weighted by atomic mass is 16.5. The van der Waals surface area contributed by atoms with Gasteiger partial charge < -0.3 is 4.74 Å². The summed E-state index contributed by atoms with van der Waals surface area (Å²) >= 11 is 0. The van der Waals surface area contributed by atoms with Crippen molar-refractivity contribution in [1.29, 1.82) is 5.26 Å². The summed E-state index contributed by atoms with van der Waals surface area (Å²) in [5, 5.41) is 17.3. The van der Waals surface area contributed by atoms with E-state index in [0.717, 1.165) is 43.7 Å². The molecule has 2 aromatic rings. The number of rotatable bonds is 7. The molecule has 0 unspecified atom stereocenters. The Morgan fingerprint density at radius 2 is 2.05 bits per heavy atom. The van der Waals surface area contributed by atoms with E-state index in [2.05, 4.69) is 16.4 Å². The minimum atomic E-state index is 0.477. The Hall–Kier alpha value is -2.35. The lowest BCUT2D eigenvalue weighted by atomic mass is 9.82. The summed E-state index contributed by atoms with van der Waals surface area (Å²) in [6.45, 7) is 1.50. The van der Waals surface area contributed by atoms with Crippen LogP contribution in [0.5, 0.6) is 5.75 Å². The second-order valence-electron chi connectivity index (χ2n) is 5.65. The summed E-state index contributed by atoms with van der Waals surface area (Å²) in [6.07, 6.45) is 5.48. The van der Waals surface area contributed by atoms with Crippen LogP contribution in [0.3, 0.4) is 0 Å². The maximum atomic E-state index is 9.15. The van der Waals surface area contributed by atoms with E-state index in [4.69, 9.17) is 10.00 Å². The number of aryl methyl sites for hydroxylation is 1. The maximum absolute atomic E-state index is 9.15. The summed E-state index contributed by atoms with van der Waals surface area (Å²) < 4.78 is 7.60. The molecule has 0 aliphatic heterocycles. The van der Waals surface area contributed by atoms with E-state index in [1.807, 2.05) is 35.0 Å². The minimum Gasteiger partial charge on any atom is -0.494 e. The van der Waals surface area contributed by atoms with E-state index in [9.17, 15) is 0 Å². The van der Waals surface area contributed by atoms with Gasteiger partial charge in [-0.15, -0.1) is 5.10 Å². The van der Waals surface area contributed by atoms with Crippen molar-refractivity contribution in [3.63, 3.8) is 0 Å². The number of hydrogen-bond acceptors (Lipinski definition) is 4. The van der Waals surface area contributed by atoms with Gasteiger partial charge >= 0.3 is 0 Å². The van der Waals surface area contributed by atoms with Gasteiger partial charge in [0.2, 0.25) is 0 Å². The van der Waals surface area contributed by atoms with Gasteiger partial charge in [-0.3, -0.25) is 0 Å². The molecule has 5 nitrogen and oxygen atoms in total. The number of unbranched alkanes of at least 4 members (excludes halogenated alkanes) is 1. The second kappa shape index (κ2) is 7.08. The van der Waals surface area contributed by atoms with E-state index in [1.54, 1.807) is 0 Å². The normalized spacial score (nSPS) is 14.3. The molecule has 0 N–H and O–H groups in total. The van der Waals surface area contributed by atoms with Crippen molar-refractivity contribution >= 4 is 0 Å². The molecule has 22 heavy (non-hydrogen) atoms. The number of benzene rings is 1. The molecule has 1 aromatic carbocycles. The second-order valence-corrected chi connectivity index (χ2v) is 5.65. The zero-order chi connectivity index (χ0) is 15.2. The van der Waals surface area contributed by atoms with Crippen LogP contribution in [0.1, 0.15) is 49.4 Å². The topological polar surface area (TPSA) is 63.7 Å². The van der Waals surface area contributed by atoms with Gasteiger partial charge in [0.05, 0.1) is 12.3 Å². The van der Waals surface area contributed by atoms with Crippen molar-refractivity contribution in [3.05, 3.63) is 41.7 Å². The molecule has 0 atom stereocenters. The van der Waals surface area contributed by atoms with Crippen LogP contribution in [0, 0.1) is 11.3 Å². The predicted octanol–water partition coefficient (Wildman–Crippen LogP) is 3.28. The fraction of sp³-hybridized carbons (Fsp3) is 0.471. The molecule has 1 heterocycles. The summed E-state index contributed by atoms with van der Waals surface area (Å²) in [5.74, 6) is 1.38. The van der Waals surface area contributed by atoms with Crippen LogP contribution in [-0.2, 0) is 6.54 Å². The Morgan fingerprint density at radius 1 is 1.23 bits per heavy atom. The minimum absolute atomic E-state index is 0.477. The molecule has 1 fully saturated rings. The monoisotopic (exact) mass is 296 g/mol. The first-order chi connectivity index (χ1) is 10.9. The number of nitrogens with zero attached hydrogens (tertiary/aromatic N) is 4. The first-order valence-corrected chi connectivity index (χ1v) is 7.90. The van der Waals surface area contributed by atoms with Crippen LogP contribution < -0.4 is 4.74 Å². The first-order valence-electron chi connectivity index (χ1n) is 7.90. The zero-order valence-electron chi connectivity index (χ0n) is 12.6. The van der Waals surface area contributed by atoms with Crippen LogP contribution in [0.2, 0.25) is 0 Å². The van der Waals surface area contributed by atoms with Crippen LogP contribution in [0.25, 0.3) is 0 Å². The van der Waals surface area contributed by atoms with Crippen molar-refractivity contribution < 1.29 is 4.74 Å². The standard InChI is InChI=1S/C17H20N4O/c18-13-16-17(14-7-6-8-14)21(20-19-16)11-4-5-12-22-15-9-2-1-3-10-15/h1-3,9-10,14H,4-8,11-12H2. The molecule has 1 saturated carbocycles. The number of ether oxygens (including phenoxy) is 1. The van der Waals surface area contributed by atoms with E-state index in [0.29, 0.717) is 18.2 Å². The summed E-state index contributed by atoms with van der Waals surface area (Å²) in [4.78, 5) is 0. The smallest absolute Gasteiger partial charge is 0.186 e. The molecule has 1 aromatic heterocycles. The summed E-state index contributed by atoms with van der Waals surface area (Å²) in [6, 6.07) is 12.0. The first kappa shape index (κ1) is 14.6. The molecule has 1 aliphatic carbocycles. The Labute approximate surface area is 130 Å². The van der Waals surface area contributed by atoms with Gasteiger partial charge in [0.15, 0.2) is 5.69 Å². The molecule has 0 saturated heterocycles. The molecular formula is C17H20N4O. The third kappa shape index (κ3) is 3.28. The number of nitriles is 1. The Morgan fingerprint density at radius 3 is 2.73 bits per heavy atom. The van der Waals surface area contributed by atoms with Gasteiger partial charge in [-0.25, -0.2) is 4.68 Å². The van der Waals surface area contributed by atoms with Gasteiger partial charge in [-0.2, -0.15) is 5.26 Å². The van der Waals surface area contributed by atoms with Crippen molar-refractivity contribution in [2.24, 2.45) is 0 Å². The summed E-state index contributed by atoms with van der Waals surface area (Å²) in [7, 11) is 0. The molecule has 0 radical (unpaired) electrons. The number of hydrogen-bond donors (Lipinski definition) is 0. The Kier molecular flexibility index (Phi) is 4.69. The van der Waals surface area contributed by atoms with E-state index in [-0.39, 0.29) is 0 Å². The fourth-order valence-corrected chi connectivity index (χ4v) is 2.72. The lowest BCUT2D eigenvalue weighted by Gasteiger charge is -2.25. The molecule has 0 bridgehead atoms. The molecule has 114 valence electrons. The highest BCUT2D eigenvalue weighted by Gasteiger charge is 2.27. The largest absolute Gasteiger partial charge is 0.494 e. The fourth-order valence-electron chi connectivity index (χ4n) is 2.72. The third-order valence-corrected chi connectivity index (χ3v) is 4.15.